The van der Waals surface area contributed by atoms with Crippen molar-refractivity contribution in [3.63, 3.8) is 0 Å². The summed E-state index contributed by atoms with van der Waals surface area (Å²) < 4.78 is 2.15. The first-order valence-electron chi connectivity index (χ1n) is 7.25. The van der Waals surface area contributed by atoms with E-state index in [1.54, 1.807) is 0 Å². The van der Waals surface area contributed by atoms with Crippen LogP contribution in [0.1, 0.15) is 58.2 Å². The first-order chi connectivity index (χ1) is 9.47. The lowest BCUT2D eigenvalue weighted by molar-refractivity contribution is -0.133. The van der Waals surface area contributed by atoms with Gasteiger partial charge in [-0.05, 0) is 24.7 Å². The average Bonchev–Trinajstić information content (AvgIpc) is 3.00. The molecule has 112 valence electrons. The highest BCUT2D eigenvalue weighted by molar-refractivity contribution is 7.99. The van der Waals surface area contributed by atoms with Gasteiger partial charge in [-0.25, -0.2) is 0 Å². The number of nitrogens with zero attached hydrogens (tertiary/aromatic N) is 3. The summed E-state index contributed by atoms with van der Waals surface area (Å²) in [5.74, 6) is 0.501. The maximum atomic E-state index is 10.7. The van der Waals surface area contributed by atoms with E-state index in [2.05, 4.69) is 35.5 Å². The van der Waals surface area contributed by atoms with E-state index in [1.165, 1.54) is 37.4 Å². The Morgan fingerprint density at radius 1 is 1.45 bits per heavy atom. The summed E-state index contributed by atoms with van der Waals surface area (Å²) in [6.45, 7) is 7.36. The van der Waals surface area contributed by atoms with Gasteiger partial charge in [-0.3, -0.25) is 4.79 Å². The van der Waals surface area contributed by atoms with E-state index in [0.29, 0.717) is 11.3 Å². The maximum Gasteiger partial charge on any atom is 0.313 e. The molecule has 1 aliphatic rings. The monoisotopic (exact) mass is 297 g/mol. The van der Waals surface area contributed by atoms with Gasteiger partial charge in [0.25, 0.3) is 0 Å². The van der Waals surface area contributed by atoms with Crippen LogP contribution in [-0.2, 0) is 11.3 Å². The number of aromatic nitrogens is 3. The molecule has 0 bridgehead atoms. The molecule has 6 heteroatoms. The van der Waals surface area contributed by atoms with Crippen molar-refractivity contribution in [2.24, 2.45) is 5.41 Å². The van der Waals surface area contributed by atoms with Crippen molar-refractivity contribution in [2.45, 2.75) is 64.1 Å². The highest BCUT2D eigenvalue weighted by atomic mass is 32.2. The molecule has 0 radical (unpaired) electrons. The molecule has 0 atom stereocenters. The molecule has 0 aliphatic heterocycles. The largest absolute Gasteiger partial charge is 0.481 e. The number of rotatable bonds is 8. The summed E-state index contributed by atoms with van der Waals surface area (Å²) in [6.07, 6.45) is 4.95. The standard InChI is InChI=1S/C14H23N3O2S/c1-4-5-14(6-7-14)9-17-12(10(2)3)15-16-13(17)20-8-11(18)19/h10H,4-9H2,1-3H3,(H,18,19). The van der Waals surface area contributed by atoms with Crippen LogP contribution in [0.15, 0.2) is 5.16 Å². The molecular weight excluding hydrogens is 274 g/mol. The van der Waals surface area contributed by atoms with E-state index in [1.807, 2.05) is 0 Å². The number of carboxylic acid groups (broad SMARTS) is 1. The van der Waals surface area contributed by atoms with Crippen LogP contribution in [0.25, 0.3) is 0 Å². The Kier molecular flexibility index (Phi) is 4.73. The van der Waals surface area contributed by atoms with E-state index >= 15 is 0 Å². The van der Waals surface area contributed by atoms with Gasteiger partial charge < -0.3 is 9.67 Å². The molecule has 1 fully saturated rings. The third kappa shape index (κ3) is 3.53. The predicted molar refractivity (Wildman–Crippen MR) is 79.0 cm³/mol. The molecule has 1 saturated carbocycles. The highest BCUT2D eigenvalue weighted by Crippen LogP contribution is 2.51. The quantitative estimate of drug-likeness (QED) is 0.746. The lowest BCUT2D eigenvalue weighted by Gasteiger charge is -2.18. The zero-order chi connectivity index (χ0) is 14.8. The van der Waals surface area contributed by atoms with E-state index in [9.17, 15) is 4.79 Å². The van der Waals surface area contributed by atoms with Crippen molar-refractivity contribution >= 4 is 17.7 Å². The molecule has 0 saturated heterocycles. The van der Waals surface area contributed by atoms with E-state index in [4.69, 9.17) is 5.11 Å². The topological polar surface area (TPSA) is 68.0 Å². The van der Waals surface area contributed by atoms with Crippen molar-refractivity contribution in [1.29, 1.82) is 0 Å². The second-order valence-electron chi connectivity index (χ2n) is 6.01. The Bertz CT molecular complexity index is 481. The van der Waals surface area contributed by atoms with Crippen molar-refractivity contribution in [1.82, 2.24) is 14.8 Å². The fraction of sp³-hybridized carbons (Fsp3) is 0.786. The number of hydrogen-bond acceptors (Lipinski definition) is 4. The Balaban J connectivity index is 2.18. The first-order valence-corrected chi connectivity index (χ1v) is 8.24. The van der Waals surface area contributed by atoms with Gasteiger partial charge in [-0.15, -0.1) is 10.2 Å². The van der Waals surface area contributed by atoms with Crippen molar-refractivity contribution in [3.05, 3.63) is 5.82 Å². The van der Waals surface area contributed by atoms with Gasteiger partial charge in [0, 0.05) is 12.5 Å². The van der Waals surface area contributed by atoms with E-state index < -0.39 is 5.97 Å². The van der Waals surface area contributed by atoms with Crippen LogP contribution in [0.3, 0.4) is 0 Å². The van der Waals surface area contributed by atoms with Crippen LogP contribution in [0, 0.1) is 5.41 Å². The molecule has 0 amide bonds. The summed E-state index contributed by atoms with van der Waals surface area (Å²) in [4.78, 5) is 10.7. The number of thioether (sulfide) groups is 1. The SMILES string of the molecule is CCCC1(Cn2c(SCC(=O)O)nnc2C(C)C)CC1. The second kappa shape index (κ2) is 6.16. The van der Waals surface area contributed by atoms with Crippen LogP contribution in [0.4, 0.5) is 0 Å². The van der Waals surface area contributed by atoms with Crippen molar-refractivity contribution in [3.8, 4) is 0 Å². The fourth-order valence-corrected chi connectivity index (χ4v) is 3.30. The highest BCUT2D eigenvalue weighted by Gasteiger charge is 2.42. The number of hydrogen-bond donors (Lipinski definition) is 1. The molecule has 1 N–H and O–H groups in total. The second-order valence-corrected chi connectivity index (χ2v) is 6.96. The molecular formula is C14H23N3O2S. The third-order valence-electron chi connectivity index (χ3n) is 3.82. The van der Waals surface area contributed by atoms with Gasteiger partial charge in [0.15, 0.2) is 5.16 Å². The third-order valence-corrected chi connectivity index (χ3v) is 4.77. The van der Waals surface area contributed by atoms with Crippen molar-refractivity contribution in [2.75, 3.05) is 5.75 Å². The fourth-order valence-electron chi connectivity index (χ4n) is 2.64. The van der Waals surface area contributed by atoms with Crippen molar-refractivity contribution < 1.29 is 9.90 Å². The van der Waals surface area contributed by atoms with E-state index in [-0.39, 0.29) is 5.75 Å². The molecule has 1 aliphatic carbocycles. The lowest BCUT2D eigenvalue weighted by atomic mass is 10.0. The zero-order valence-electron chi connectivity index (χ0n) is 12.4. The molecule has 0 aromatic carbocycles. The summed E-state index contributed by atoms with van der Waals surface area (Å²) in [5, 5.41) is 18.0. The summed E-state index contributed by atoms with van der Waals surface area (Å²) in [7, 11) is 0. The van der Waals surface area contributed by atoms with Gasteiger partial charge >= 0.3 is 5.97 Å². The van der Waals surface area contributed by atoms with Gasteiger partial charge in [0.1, 0.15) is 5.82 Å². The number of aliphatic carboxylic acids is 1. The smallest absolute Gasteiger partial charge is 0.313 e. The maximum absolute atomic E-state index is 10.7. The average molecular weight is 297 g/mol. The minimum atomic E-state index is -0.814. The molecule has 0 spiro atoms. The van der Waals surface area contributed by atoms with Crippen LogP contribution >= 0.6 is 11.8 Å². The Labute approximate surface area is 124 Å². The summed E-state index contributed by atoms with van der Waals surface area (Å²) >= 11 is 1.27. The van der Waals surface area contributed by atoms with Crippen LogP contribution in [0.2, 0.25) is 0 Å². The molecule has 1 aromatic heterocycles. The number of carbonyl (C=O) groups is 1. The summed E-state index contributed by atoms with van der Waals surface area (Å²) in [6, 6.07) is 0. The zero-order valence-corrected chi connectivity index (χ0v) is 13.2. The predicted octanol–water partition coefficient (Wildman–Crippen LogP) is 3.16. The molecule has 20 heavy (non-hydrogen) atoms. The Morgan fingerprint density at radius 3 is 2.65 bits per heavy atom. The Hall–Kier alpha value is -1.04. The molecule has 1 heterocycles. The van der Waals surface area contributed by atoms with Gasteiger partial charge in [0.2, 0.25) is 0 Å². The number of carboxylic acids is 1. The van der Waals surface area contributed by atoms with Gasteiger partial charge in [-0.2, -0.15) is 0 Å². The lowest BCUT2D eigenvalue weighted by Crippen LogP contribution is -2.16. The van der Waals surface area contributed by atoms with E-state index in [0.717, 1.165) is 17.5 Å². The summed E-state index contributed by atoms with van der Waals surface area (Å²) in [5.41, 5.74) is 0.402. The molecule has 2 rings (SSSR count). The van der Waals surface area contributed by atoms with Crippen LogP contribution < -0.4 is 0 Å². The molecule has 1 aromatic rings. The normalized spacial score (nSPS) is 16.6. The van der Waals surface area contributed by atoms with Gasteiger partial charge in [-0.1, -0.05) is 39.0 Å². The van der Waals surface area contributed by atoms with Crippen LogP contribution in [-0.4, -0.2) is 31.6 Å². The Morgan fingerprint density at radius 2 is 2.15 bits per heavy atom. The van der Waals surface area contributed by atoms with Gasteiger partial charge in [0.05, 0.1) is 5.75 Å². The molecule has 5 nitrogen and oxygen atoms in total. The van der Waals surface area contributed by atoms with Crippen LogP contribution in [0.5, 0.6) is 0 Å². The minimum absolute atomic E-state index is 0.0387. The first kappa shape index (κ1) is 15.4. The minimum Gasteiger partial charge on any atom is -0.481 e. The molecule has 0 unspecified atom stereocenters.